The number of aryl methyl sites for hydroxylation is 1. The van der Waals surface area contributed by atoms with Crippen LogP contribution >= 0.6 is 0 Å². The topological polar surface area (TPSA) is 114 Å². The fourth-order valence-corrected chi connectivity index (χ4v) is 4.12. The minimum Gasteiger partial charge on any atom is -0.507 e. The summed E-state index contributed by atoms with van der Waals surface area (Å²) in [6.07, 6.45) is 0. The molecule has 31 heavy (non-hydrogen) atoms. The highest BCUT2D eigenvalue weighted by Crippen LogP contribution is 2.30. The van der Waals surface area contributed by atoms with Gasteiger partial charge in [-0.05, 0) is 67.1 Å². The van der Waals surface area contributed by atoms with Crippen molar-refractivity contribution in [2.24, 2.45) is 0 Å². The lowest BCUT2D eigenvalue weighted by Gasteiger charge is -2.14. The number of phenols is 1. The van der Waals surface area contributed by atoms with Crippen LogP contribution in [-0.2, 0) is 10.0 Å². The molecule has 0 aliphatic carbocycles. The van der Waals surface area contributed by atoms with Crippen LogP contribution in [0, 0.1) is 6.92 Å². The Morgan fingerprint density at radius 2 is 1.58 bits per heavy atom. The van der Waals surface area contributed by atoms with Crippen LogP contribution in [0.25, 0.3) is 0 Å². The number of methoxy groups -OCH3 is 2. The number of ether oxygens (including phenoxy) is 2. The van der Waals surface area contributed by atoms with Gasteiger partial charge in [0.05, 0.1) is 19.8 Å². The Morgan fingerprint density at radius 3 is 2.19 bits per heavy atom. The summed E-state index contributed by atoms with van der Waals surface area (Å²) in [7, 11) is -1.16. The van der Waals surface area contributed by atoms with Crippen molar-refractivity contribution in [3.8, 4) is 17.2 Å². The van der Waals surface area contributed by atoms with E-state index in [0.29, 0.717) is 11.4 Å². The van der Waals surface area contributed by atoms with Crippen molar-refractivity contribution in [3.63, 3.8) is 0 Å². The van der Waals surface area contributed by atoms with Crippen LogP contribution in [0.5, 0.6) is 17.2 Å². The third kappa shape index (κ3) is 5.07. The largest absolute Gasteiger partial charge is 0.507 e. The number of rotatable bonds is 7. The summed E-state index contributed by atoms with van der Waals surface area (Å²) in [6, 6.07) is 15.3. The Morgan fingerprint density at radius 1 is 0.903 bits per heavy atom. The van der Waals surface area contributed by atoms with Crippen LogP contribution in [0.15, 0.2) is 65.6 Å². The number of aromatic hydroxyl groups is 1. The number of anilines is 2. The number of carbonyl (C=O) groups excluding carboxylic acids is 1. The van der Waals surface area contributed by atoms with E-state index < -0.39 is 15.9 Å². The molecule has 1 amide bonds. The molecule has 0 atom stereocenters. The van der Waals surface area contributed by atoms with Crippen molar-refractivity contribution >= 4 is 27.3 Å². The maximum atomic E-state index is 13.0. The number of nitrogens with one attached hydrogen (secondary N) is 2. The van der Waals surface area contributed by atoms with E-state index in [1.54, 1.807) is 37.3 Å². The highest BCUT2D eigenvalue weighted by atomic mass is 32.2. The van der Waals surface area contributed by atoms with Crippen LogP contribution < -0.4 is 19.5 Å². The first-order chi connectivity index (χ1) is 14.7. The second-order valence-corrected chi connectivity index (χ2v) is 8.33. The zero-order valence-electron chi connectivity index (χ0n) is 17.2. The second-order valence-electron chi connectivity index (χ2n) is 6.67. The van der Waals surface area contributed by atoms with Crippen LogP contribution in [0.1, 0.15) is 15.9 Å². The van der Waals surface area contributed by atoms with Gasteiger partial charge in [-0.3, -0.25) is 9.52 Å². The van der Waals surface area contributed by atoms with Crippen molar-refractivity contribution < 1.29 is 27.8 Å². The SMILES string of the molecule is COc1ccc(NS(=O)(=O)c2cc(NC(=O)c3ccc(C)cc3O)ccc2OC)cc1. The van der Waals surface area contributed by atoms with Gasteiger partial charge in [-0.25, -0.2) is 8.42 Å². The van der Waals surface area contributed by atoms with E-state index >= 15 is 0 Å². The molecule has 3 N–H and O–H groups in total. The first-order valence-electron chi connectivity index (χ1n) is 9.19. The number of phenolic OH excluding ortho intramolecular Hbond substituents is 1. The van der Waals surface area contributed by atoms with Gasteiger partial charge in [-0.2, -0.15) is 0 Å². The fraction of sp³-hybridized carbons (Fsp3) is 0.136. The Labute approximate surface area is 180 Å². The molecule has 3 aromatic rings. The average Bonchev–Trinajstić information content (AvgIpc) is 2.74. The highest BCUT2D eigenvalue weighted by molar-refractivity contribution is 7.92. The zero-order chi connectivity index (χ0) is 22.6. The molecule has 0 saturated carbocycles. The number of hydrogen-bond donors (Lipinski definition) is 3. The summed E-state index contributed by atoms with van der Waals surface area (Å²) in [4.78, 5) is 12.4. The van der Waals surface area contributed by atoms with E-state index in [-0.39, 0.29) is 27.6 Å². The van der Waals surface area contributed by atoms with Crippen LogP contribution in [0.4, 0.5) is 11.4 Å². The Balaban J connectivity index is 1.89. The number of amides is 1. The fourth-order valence-electron chi connectivity index (χ4n) is 2.87. The van der Waals surface area contributed by atoms with Gasteiger partial charge in [0.1, 0.15) is 22.1 Å². The van der Waals surface area contributed by atoms with E-state index in [9.17, 15) is 18.3 Å². The van der Waals surface area contributed by atoms with Gasteiger partial charge >= 0.3 is 0 Å². The Bertz CT molecular complexity index is 1210. The molecule has 8 nitrogen and oxygen atoms in total. The number of sulfonamides is 1. The summed E-state index contributed by atoms with van der Waals surface area (Å²) >= 11 is 0. The standard InChI is InChI=1S/C22H22N2O6S/c1-14-4-10-18(19(25)12-14)22(26)23-16-7-11-20(30-3)21(13-16)31(27,28)24-15-5-8-17(29-2)9-6-15/h4-13,24-25H,1-3H3,(H,23,26). The number of carbonyl (C=O) groups is 1. The van der Waals surface area contributed by atoms with Crippen LogP contribution in [0.3, 0.4) is 0 Å². The maximum Gasteiger partial charge on any atom is 0.265 e. The molecule has 0 spiro atoms. The van der Waals surface area contributed by atoms with Gasteiger partial charge in [0.15, 0.2) is 0 Å². The van der Waals surface area contributed by atoms with Crippen molar-refractivity contribution in [1.82, 2.24) is 0 Å². The molecular weight excluding hydrogens is 420 g/mol. The van der Waals surface area contributed by atoms with Crippen LogP contribution in [0.2, 0.25) is 0 Å². The first kappa shape index (κ1) is 22.0. The second kappa shape index (κ2) is 8.97. The van der Waals surface area contributed by atoms with Crippen LogP contribution in [-0.4, -0.2) is 33.7 Å². The summed E-state index contributed by atoms with van der Waals surface area (Å²) in [5.74, 6) is -0.0454. The van der Waals surface area contributed by atoms with Crippen molar-refractivity contribution in [2.75, 3.05) is 24.3 Å². The van der Waals surface area contributed by atoms with Gasteiger partial charge in [0.2, 0.25) is 0 Å². The quantitative estimate of drug-likeness (QED) is 0.513. The minimum atomic E-state index is -4.03. The minimum absolute atomic E-state index is 0.0715. The maximum absolute atomic E-state index is 13.0. The smallest absolute Gasteiger partial charge is 0.265 e. The zero-order valence-corrected chi connectivity index (χ0v) is 18.0. The summed E-state index contributed by atoms with van der Waals surface area (Å²) in [5.41, 5.74) is 1.43. The molecule has 0 radical (unpaired) electrons. The number of benzene rings is 3. The molecule has 0 aromatic heterocycles. The lowest BCUT2D eigenvalue weighted by Crippen LogP contribution is -2.16. The monoisotopic (exact) mass is 442 g/mol. The van der Waals surface area contributed by atoms with Crippen molar-refractivity contribution in [3.05, 3.63) is 71.8 Å². The molecule has 162 valence electrons. The predicted octanol–water partition coefficient (Wildman–Crippen LogP) is 3.77. The first-order valence-corrected chi connectivity index (χ1v) is 10.7. The van der Waals surface area contributed by atoms with E-state index in [1.165, 1.54) is 44.6 Å². The molecule has 0 aliphatic rings. The van der Waals surface area contributed by atoms with Gasteiger partial charge in [-0.1, -0.05) is 6.07 Å². The molecule has 0 aliphatic heterocycles. The van der Waals surface area contributed by atoms with E-state index in [1.807, 2.05) is 0 Å². The lowest BCUT2D eigenvalue weighted by molar-refractivity contribution is 0.102. The molecule has 9 heteroatoms. The highest BCUT2D eigenvalue weighted by Gasteiger charge is 2.21. The summed E-state index contributed by atoms with van der Waals surface area (Å²) in [6.45, 7) is 1.79. The Kier molecular flexibility index (Phi) is 6.36. The third-order valence-electron chi connectivity index (χ3n) is 4.45. The molecular formula is C22H22N2O6S. The predicted molar refractivity (Wildman–Crippen MR) is 118 cm³/mol. The number of hydrogen-bond acceptors (Lipinski definition) is 6. The van der Waals surface area contributed by atoms with Gasteiger partial charge in [0.25, 0.3) is 15.9 Å². The van der Waals surface area contributed by atoms with Gasteiger partial charge < -0.3 is 19.9 Å². The van der Waals surface area contributed by atoms with E-state index in [0.717, 1.165) is 5.56 Å². The van der Waals surface area contributed by atoms with Crippen molar-refractivity contribution in [1.29, 1.82) is 0 Å². The lowest BCUT2D eigenvalue weighted by atomic mass is 10.1. The molecule has 0 heterocycles. The Hall–Kier alpha value is -3.72. The third-order valence-corrected chi connectivity index (χ3v) is 5.85. The van der Waals surface area contributed by atoms with E-state index in [4.69, 9.17) is 9.47 Å². The molecule has 3 aromatic carbocycles. The van der Waals surface area contributed by atoms with E-state index in [2.05, 4.69) is 10.0 Å². The normalized spacial score (nSPS) is 10.9. The van der Waals surface area contributed by atoms with Crippen molar-refractivity contribution in [2.45, 2.75) is 11.8 Å². The summed E-state index contributed by atoms with van der Waals surface area (Å²) in [5, 5.41) is 12.6. The molecule has 3 rings (SSSR count). The molecule has 0 bridgehead atoms. The van der Waals surface area contributed by atoms with Gasteiger partial charge in [-0.15, -0.1) is 0 Å². The van der Waals surface area contributed by atoms with Gasteiger partial charge in [0, 0.05) is 11.4 Å². The molecule has 0 fully saturated rings. The average molecular weight is 442 g/mol. The molecule has 0 saturated heterocycles. The molecule has 0 unspecified atom stereocenters. The summed E-state index contributed by atoms with van der Waals surface area (Å²) < 4.78 is 38.7.